The molecule has 0 bridgehead atoms. The lowest BCUT2D eigenvalue weighted by molar-refractivity contribution is -0.0679. The number of anilines is 1. The van der Waals surface area contributed by atoms with E-state index in [1.54, 1.807) is 44.2 Å². The molecule has 1 heterocycles. The van der Waals surface area contributed by atoms with Gasteiger partial charge in [0.25, 0.3) is 0 Å². The van der Waals surface area contributed by atoms with Gasteiger partial charge in [0, 0.05) is 18.8 Å². The van der Waals surface area contributed by atoms with Crippen molar-refractivity contribution in [1.29, 1.82) is 0 Å². The number of amides is 1. The summed E-state index contributed by atoms with van der Waals surface area (Å²) in [5.74, 6) is -0.158. The van der Waals surface area contributed by atoms with Crippen LogP contribution >= 0.6 is 7.82 Å². The van der Waals surface area contributed by atoms with E-state index in [-0.39, 0.29) is 37.2 Å². The summed E-state index contributed by atoms with van der Waals surface area (Å²) in [6.07, 6.45) is -3.36. The van der Waals surface area contributed by atoms with Crippen molar-refractivity contribution in [2.45, 2.75) is 43.6 Å². The highest BCUT2D eigenvalue weighted by Gasteiger charge is 2.37. The zero-order valence-electron chi connectivity index (χ0n) is 21.6. The lowest BCUT2D eigenvalue weighted by Crippen LogP contribution is -2.52. The van der Waals surface area contributed by atoms with Crippen molar-refractivity contribution in [3.8, 4) is 0 Å². The summed E-state index contributed by atoms with van der Waals surface area (Å²) in [4.78, 5) is 32.1. The molecule has 1 amide bonds. The maximum atomic E-state index is 13.6. The Morgan fingerprint density at radius 3 is 2.38 bits per heavy atom. The number of hydrogen-bond acceptors (Lipinski definition) is 9. The van der Waals surface area contributed by atoms with Gasteiger partial charge in [-0.15, -0.1) is 0 Å². The third kappa shape index (κ3) is 9.85. The van der Waals surface area contributed by atoms with E-state index in [4.69, 9.17) is 24.5 Å². The highest BCUT2D eigenvalue weighted by Crippen LogP contribution is 2.39. The Morgan fingerprint density at radius 1 is 1.15 bits per heavy atom. The molecule has 3 unspecified atom stereocenters. The number of nitrogen functional groups attached to an aromatic ring is 1. The Morgan fingerprint density at radius 2 is 1.82 bits per heavy atom. The minimum Gasteiger partial charge on any atom is -0.417 e. The summed E-state index contributed by atoms with van der Waals surface area (Å²) in [6, 6.07) is 13.2. The number of phosphoric acid groups is 1. The first kappa shape index (κ1) is 31.0. The monoisotopic (exact) mass is 587 g/mol. The zero-order valence-corrected chi connectivity index (χ0v) is 23.3. The summed E-state index contributed by atoms with van der Waals surface area (Å²) in [7, 11) is -9.30. The molecule has 1 aliphatic heterocycles. The molecule has 5 N–H and O–H groups in total. The van der Waals surface area contributed by atoms with Gasteiger partial charge < -0.3 is 35.0 Å². The van der Waals surface area contributed by atoms with Crippen LogP contribution in [0, 0.1) is 5.92 Å². The summed E-state index contributed by atoms with van der Waals surface area (Å²) in [6.45, 7) is 3.07. The Balaban J connectivity index is 1.96. The maximum Gasteiger partial charge on any atom is 0.469 e. The summed E-state index contributed by atoms with van der Waals surface area (Å²) in [5.41, 5.74) is 6.77. The summed E-state index contributed by atoms with van der Waals surface area (Å²) in [5, 5.41) is 2.57. The highest BCUT2D eigenvalue weighted by molar-refractivity contribution is 7.89. The number of sulfonamides is 1. The van der Waals surface area contributed by atoms with E-state index < -0.39 is 48.9 Å². The van der Waals surface area contributed by atoms with Gasteiger partial charge in [-0.25, -0.2) is 17.8 Å². The lowest BCUT2D eigenvalue weighted by Gasteiger charge is -2.33. The largest absolute Gasteiger partial charge is 0.469 e. The normalized spacial score (nSPS) is 17.7. The van der Waals surface area contributed by atoms with Crippen LogP contribution < -0.4 is 11.1 Å². The molecule has 2 aromatic rings. The van der Waals surface area contributed by atoms with Crippen molar-refractivity contribution in [3.05, 3.63) is 60.2 Å². The number of carbonyl (C=O) groups is 1. The maximum absolute atomic E-state index is 13.6. The van der Waals surface area contributed by atoms with E-state index in [0.29, 0.717) is 11.3 Å². The van der Waals surface area contributed by atoms with Crippen molar-refractivity contribution in [2.75, 3.05) is 32.2 Å². The molecule has 1 saturated heterocycles. The minimum atomic E-state index is -5.15. The summed E-state index contributed by atoms with van der Waals surface area (Å²) >= 11 is 0. The topological polar surface area (TPSA) is 187 Å². The van der Waals surface area contributed by atoms with Gasteiger partial charge in [-0.2, -0.15) is 4.31 Å². The second-order valence-electron chi connectivity index (χ2n) is 9.35. The Bertz CT molecular complexity index is 1220. The van der Waals surface area contributed by atoms with Gasteiger partial charge in [0.2, 0.25) is 16.3 Å². The molecule has 3 atom stereocenters. The van der Waals surface area contributed by atoms with E-state index in [0.717, 1.165) is 4.31 Å². The van der Waals surface area contributed by atoms with E-state index in [1.807, 2.05) is 0 Å². The molecule has 1 fully saturated rings. The number of nitrogens with two attached hydrogens (primary N) is 1. The van der Waals surface area contributed by atoms with Gasteiger partial charge in [0.15, 0.2) is 6.79 Å². The molecule has 0 radical (unpaired) electrons. The van der Waals surface area contributed by atoms with E-state index in [2.05, 4.69) is 5.32 Å². The number of hydrogen-bond donors (Lipinski definition) is 4. The van der Waals surface area contributed by atoms with Crippen LogP contribution in [-0.2, 0) is 39.7 Å². The predicted molar refractivity (Wildman–Crippen MR) is 141 cm³/mol. The Hall–Kier alpha value is -2.55. The number of rotatable bonds is 13. The molecule has 0 aliphatic carbocycles. The van der Waals surface area contributed by atoms with Crippen molar-refractivity contribution in [3.63, 3.8) is 0 Å². The van der Waals surface area contributed by atoms with Crippen molar-refractivity contribution >= 4 is 29.6 Å². The van der Waals surface area contributed by atoms with Gasteiger partial charge >= 0.3 is 13.9 Å². The van der Waals surface area contributed by atoms with Crippen molar-refractivity contribution in [1.82, 2.24) is 9.62 Å². The molecule has 1 aliphatic rings. The molecule has 0 saturated carbocycles. The first-order valence-corrected chi connectivity index (χ1v) is 15.1. The number of phosphoric ester groups is 1. The van der Waals surface area contributed by atoms with Crippen molar-refractivity contribution in [2.24, 2.45) is 5.92 Å². The van der Waals surface area contributed by atoms with Crippen LogP contribution in [0.2, 0.25) is 0 Å². The molecule has 3 rings (SSSR count). The Kier molecular flexibility index (Phi) is 10.9. The zero-order chi connectivity index (χ0) is 28.6. The van der Waals surface area contributed by atoms with Crippen LogP contribution in [-0.4, -0.2) is 73.5 Å². The number of alkyl carbamates (subject to hydrolysis) is 1. The molecule has 0 aromatic heterocycles. The first-order chi connectivity index (χ1) is 18.3. The minimum absolute atomic E-state index is 0.00346. The smallest absolute Gasteiger partial charge is 0.417 e. The fraction of sp³-hybridized carbons (Fsp3) is 0.458. The molecule has 15 heteroatoms. The predicted octanol–water partition coefficient (Wildman–Crippen LogP) is 2.06. The van der Waals surface area contributed by atoms with E-state index in [9.17, 15) is 27.6 Å². The van der Waals surface area contributed by atoms with Crippen LogP contribution in [0.15, 0.2) is 59.5 Å². The standard InChI is InChI=1S/C24H34N3O10PS/c1-17(2)13-27(39(32,33)20-10-8-19(25)9-11-20)14-22(37-38(29,30)31)21(12-18-6-4-3-5-7-18)26-24(28)36-23-15-34-16-35-23/h3-11,17,21-23H,12-16,25H2,1-2H3,(H,26,28)(H2,29,30,31). The van der Waals surface area contributed by atoms with Crippen molar-refractivity contribution < 1.29 is 46.3 Å². The third-order valence-corrected chi connectivity index (χ3v) is 8.01. The average molecular weight is 588 g/mol. The van der Waals surface area contributed by atoms with Crippen LogP contribution in [0.4, 0.5) is 10.5 Å². The number of nitrogens with zero attached hydrogens (tertiary/aromatic N) is 1. The summed E-state index contributed by atoms with van der Waals surface area (Å²) < 4.78 is 60.8. The van der Waals surface area contributed by atoms with Crippen LogP contribution in [0.3, 0.4) is 0 Å². The number of nitrogens with one attached hydrogen (secondary N) is 1. The van der Waals surface area contributed by atoms with Crippen LogP contribution in [0.25, 0.3) is 0 Å². The fourth-order valence-electron chi connectivity index (χ4n) is 3.91. The van der Waals surface area contributed by atoms with Gasteiger partial charge in [0.05, 0.1) is 10.9 Å². The quantitative estimate of drug-likeness (QED) is 0.198. The number of ether oxygens (including phenoxy) is 3. The lowest BCUT2D eigenvalue weighted by atomic mass is 10.0. The van der Waals surface area contributed by atoms with Gasteiger partial charge in [0.1, 0.15) is 12.7 Å². The highest BCUT2D eigenvalue weighted by atomic mass is 32.2. The number of carbonyl (C=O) groups excluding carboxylic acids is 1. The van der Waals surface area contributed by atoms with E-state index >= 15 is 0 Å². The van der Waals surface area contributed by atoms with Gasteiger partial charge in [-0.1, -0.05) is 44.2 Å². The fourth-order valence-corrected chi connectivity index (χ4v) is 6.09. The van der Waals surface area contributed by atoms with Crippen LogP contribution in [0.5, 0.6) is 0 Å². The molecule has 216 valence electrons. The molecular formula is C24H34N3O10PS. The van der Waals surface area contributed by atoms with Gasteiger partial charge in [-0.3, -0.25) is 4.52 Å². The first-order valence-electron chi connectivity index (χ1n) is 12.1. The molecular weight excluding hydrogens is 553 g/mol. The van der Waals surface area contributed by atoms with Gasteiger partial charge in [-0.05, 0) is 42.2 Å². The molecule has 2 aromatic carbocycles. The molecule has 39 heavy (non-hydrogen) atoms. The van der Waals surface area contributed by atoms with Crippen LogP contribution in [0.1, 0.15) is 19.4 Å². The van der Waals surface area contributed by atoms with E-state index in [1.165, 1.54) is 24.3 Å². The molecule has 0 spiro atoms. The third-order valence-electron chi connectivity index (χ3n) is 5.62. The second-order valence-corrected chi connectivity index (χ2v) is 12.5. The second kappa shape index (κ2) is 13.7. The average Bonchev–Trinajstić information content (AvgIpc) is 3.35. The Labute approximate surface area is 227 Å². The number of benzene rings is 2. The molecule has 13 nitrogen and oxygen atoms in total. The SMILES string of the molecule is CC(C)CN(CC(OP(=O)(O)O)C(Cc1ccccc1)NC(=O)OC1COCO1)S(=O)(=O)c1ccc(N)cc1.